The molecule has 2 aromatic rings. The molecule has 0 bridgehead atoms. The van der Waals surface area contributed by atoms with Crippen molar-refractivity contribution in [2.45, 2.75) is 58.5 Å². The molecule has 0 radical (unpaired) electrons. The Morgan fingerprint density at radius 1 is 1.12 bits per heavy atom. The van der Waals surface area contributed by atoms with Crippen LogP contribution in [0.1, 0.15) is 73.0 Å². The van der Waals surface area contributed by atoms with E-state index in [2.05, 4.69) is 31.2 Å². The number of benzene rings is 2. The predicted molar refractivity (Wildman–Crippen MR) is 107 cm³/mol. The van der Waals surface area contributed by atoms with Gasteiger partial charge in [0.05, 0.1) is 5.56 Å². The van der Waals surface area contributed by atoms with E-state index in [1.165, 1.54) is 44.1 Å². The number of ether oxygens (including phenoxy) is 1. The summed E-state index contributed by atoms with van der Waals surface area (Å²) in [7, 11) is 0. The lowest BCUT2D eigenvalue weighted by molar-refractivity contribution is 0.0613. The fourth-order valence-electron chi connectivity index (χ4n) is 4.41. The van der Waals surface area contributed by atoms with Crippen LogP contribution in [-0.2, 0) is 0 Å². The van der Waals surface area contributed by atoms with Crippen LogP contribution in [0.2, 0.25) is 0 Å². The molecule has 0 saturated heterocycles. The smallest absolute Gasteiger partial charge is 0.153 e. The maximum absolute atomic E-state index is 11.6. The lowest BCUT2D eigenvalue weighted by Crippen LogP contribution is -2.29. The van der Waals surface area contributed by atoms with Crippen LogP contribution >= 0.6 is 0 Å². The maximum atomic E-state index is 11.6. The Hall–Kier alpha value is -2.09. The number of hydrogen-bond acceptors (Lipinski definition) is 2. The summed E-state index contributed by atoms with van der Waals surface area (Å²) in [6.07, 6.45) is 8.48. The first-order valence-corrected chi connectivity index (χ1v) is 10.0. The molecule has 0 amide bonds. The lowest BCUT2D eigenvalue weighted by Gasteiger charge is -2.37. The van der Waals surface area contributed by atoms with Crippen molar-refractivity contribution in [3.63, 3.8) is 0 Å². The van der Waals surface area contributed by atoms with Crippen molar-refractivity contribution in [1.82, 2.24) is 0 Å². The number of aryl methyl sites for hydroxylation is 1. The fraction of sp³-hybridized carbons (Fsp3) is 0.458. The standard InChI is InChI=1S/C24H30O2/c1-3-9-19-10-7-8-13-22(19)24(20-11-5-4-6-12-20)26-23-15-14-18(2)16-21(23)17-25/h4-6,11-12,14-17,19,22,24H,3,7-10,13H2,1-2H3. The molecule has 138 valence electrons. The topological polar surface area (TPSA) is 26.3 Å². The van der Waals surface area contributed by atoms with Crippen LogP contribution < -0.4 is 4.74 Å². The van der Waals surface area contributed by atoms with Gasteiger partial charge in [-0.05, 0) is 37.0 Å². The second kappa shape index (κ2) is 9.02. The molecule has 0 aliphatic heterocycles. The largest absolute Gasteiger partial charge is 0.485 e. The summed E-state index contributed by atoms with van der Waals surface area (Å²) in [6, 6.07) is 16.4. The van der Waals surface area contributed by atoms with E-state index >= 15 is 0 Å². The van der Waals surface area contributed by atoms with Crippen molar-refractivity contribution in [2.24, 2.45) is 11.8 Å². The lowest BCUT2D eigenvalue weighted by atomic mass is 9.72. The van der Waals surface area contributed by atoms with Crippen LogP contribution in [0.5, 0.6) is 5.75 Å². The molecule has 26 heavy (non-hydrogen) atoms. The molecule has 1 aliphatic carbocycles. The quantitative estimate of drug-likeness (QED) is 0.530. The number of carbonyl (C=O) groups excluding carboxylic acids is 1. The molecule has 2 aromatic carbocycles. The van der Waals surface area contributed by atoms with Gasteiger partial charge in [0.25, 0.3) is 0 Å². The Labute approximate surface area is 157 Å². The molecule has 3 atom stereocenters. The minimum absolute atomic E-state index is 0.00876. The molecule has 3 unspecified atom stereocenters. The first-order valence-electron chi connectivity index (χ1n) is 10.0. The van der Waals surface area contributed by atoms with E-state index in [0.717, 1.165) is 11.8 Å². The maximum Gasteiger partial charge on any atom is 0.153 e. The van der Waals surface area contributed by atoms with Gasteiger partial charge in [-0.15, -0.1) is 0 Å². The zero-order valence-corrected chi connectivity index (χ0v) is 16.0. The minimum atomic E-state index is 0.00876. The van der Waals surface area contributed by atoms with Crippen LogP contribution in [0.15, 0.2) is 48.5 Å². The number of aldehydes is 1. The van der Waals surface area contributed by atoms with Crippen LogP contribution in [0.4, 0.5) is 0 Å². The van der Waals surface area contributed by atoms with Crippen LogP contribution in [0, 0.1) is 18.8 Å². The monoisotopic (exact) mass is 350 g/mol. The van der Waals surface area contributed by atoms with E-state index in [4.69, 9.17) is 4.74 Å². The molecular weight excluding hydrogens is 320 g/mol. The summed E-state index contributed by atoms with van der Waals surface area (Å²) >= 11 is 0. The second-order valence-corrected chi connectivity index (χ2v) is 7.61. The molecule has 0 N–H and O–H groups in total. The van der Waals surface area contributed by atoms with E-state index in [-0.39, 0.29) is 6.10 Å². The molecule has 1 fully saturated rings. The Kier molecular flexibility index (Phi) is 6.49. The number of carbonyl (C=O) groups is 1. The van der Waals surface area contributed by atoms with Crippen LogP contribution in [-0.4, -0.2) is 6.29 Å². The zero-order chi connectivity index (χ0) is 18.4. The minimum Gasteiger partial charge on any atom is -0.485 e. The second-order valence-electron chi connectivity index (χ2n) is 7.61. The predicted octanol–water partition coefficient (Wildman–Crippen LogP) is 6.53. The van der Waals surface area contributed by atoms with E-state index in [1.807, 2.05) is 31.2 Å². The van der Waals surface area contributed by atoms with Crippen molar-refractivity contribution in [3.8, 4) is 5.75 Å². The summed E-state index contributed by atoms with van der Waals surface area (Å²) in [6.45, 7) is 4.28. The van der Waals surface area contributed by atoms with Gasteiger partial charge in [0, 0.05) is 5.92 Å². The highest BCUT2D eigenvalue weighted by atomic mass is 16.5. The van der Waals surface area contributed by atoms with Crippen LogP contribution in [0.25, 0.3) is 0 Å². The van der Waals surface area contributed by atoms with Crippen molar-refractivity contribution < 1.29 is 9.53 Å². The van der Waals surface area contributed by atoms with Gasteiger partial charge in [-0.25, -0.2) is 0 Å². The van der Waals surface area contributed by atoms with Gasteiger partial charge in [0.1, 0.15) is 11.9 Å². The number of rotatable bonds is 7. The Balaban J connectivity index is 1.95. The molecule has 2 nitrogen and oxygen atoms in total. The SMILES string of the molecule is CCCC1CCCCC1C(Oc1ccc(C)cc1C=O)c1ccccc1. The summed E-state index contributed by atoms with van der Waals surface area (Å²) in [5, 5.41) is 0. The van der Waals surface area contributed by atoms with E-state index in [0.29, 0.717) is 23.1 Å². The van der Waals surface area contributed by atoms with Gasteiger partial charge in [0.2, 0.25) is 0 Å². The molecule has 3 rings (SSSR count). The first-order chi connectivity index (χ1) is 12.7. The highest BCUT2D eigenvalue weighted by Gasteiger charge is 2.34. The molecule has 0 heterocycles. The van der Waals surface area contributed by atoms with E-state index in [1.54, 1.807) is 0 Å². The average Bonchev–Trinajstić information content (AvgIpc) is 2.68. The summed E-state index contributed by atoms with van der Waals surface area (Å²) in [5.41, 5.74) is 2.95. The third-order valence-electron chi connectivity index (χ3n) is 5.69. The molecule has 1 saturated carbocycles. The zero-order valence-electron chi connectivity index (χ0n) is 16.0. The third-order valence-corrected chi connectivity index (χ3v) is 5.69. The van der Waals surface area contributed by atoms with Gasteiger partial charge in [-0.1, -0.05) is 81.0 Å². The summed E-state index contributed by atoms with van der Waals surface area (Å²) in [4.78, 5) is 11.6. The van der Waals surface area contributed by atoms with Crippen molar-refractivity contribution in [3.05, 3.63) is 65.2 Å². The van der Waals surface area contributed by atoms with Crippen molar-refractivity contribution in [2.75, 3.05) is 0 Å². The van der Waals surface area contributed by atoms with Crippen LogP contribution in [0.3, 0.4) is 0 Å². The van der Waals surface area contributed by atoms with Gasteiger partial charge in [-0.2, -0.15) is 0 Å². The highest BCUT2D eigenvalue weighted by molar-refractivity contribution is 5.79. The Morgan fingerprint density at radius 3 is 2.62 bits per heavy atom. The molecule has 1 aliphatic rings. The van der Waals surface area contributed by atoms with E-state index in [9.17, 15) is 4.79 Å². The summed E-state index contributed by atoms with van der Waals surface area (Å²) < 4.78 is 6.56. The third kappa shape index (κ3) is 4.35. The molecule has 0 aromatic heterocycles. The number of hydrogen-bond donors (Lipinski definition) is 0. The summed E-state index contributed by atoms with van der Waals surface area (Å²) in [5.74, 6) is 1.91. The fourth-order valence-corrected chi connectivity index (χ4v) is 4.41. The van der Waals surface area contributed by atoms with Crippen molar-refractivity contribution in [1.29, 1.82) is 0 Å². The normalized spacial score (nSPS) is 21.2. The molecular formula is C24H30O2. The highest BCUT2D eigenvalue weighted by Crippen LogP contribution is 2.43. The Bertz CT molecular complexity index is 705. The van der Waals surface area contributed by atoms with Gasteiger partial charge < -0.3 is 4.74 Å². The molecule has 2 heteroatoms. The van der Waals surface area contributed by atoms with Gasteiger partial charge in [0.15, 0.2) is 6.29 Å². The van der Waals surface area contributed by atoms with E-state index < -0.39 is 0 Å². The Morgan fingerprint density at radius 2 is 1.88 bits per heavy atom. The van der Waals surface area contributed by atoms with Gasteiger partial charge >= 0.3 is 0 Å². The molecule has 0 spiro atoms. The average molecular weight is 351 g/mol. The van der Waals surface area contributed by atoms with Gasteiger partial charge in [-0.3, -0.25) is 4.79 Å². The van der Waals surface area contributed by atoms with Crippen molar-refractivity contribution >= 4 is 6.29 Å². The first kappa shape index (κ1) is 18.7.